The summed E-state index contributed by atoms with van der Waals surface area (Å²) in [5.74, 6) is 0.751. The topological polar surface area (TPSA) is 24.9 Å². The zero-order valence-corrected chi connectivity index (χ0v) is 9.33. The minimum Gasteiger partial charge on any atom is -0.314 e. The van der Waals surface area contributed by atoms with Crippen molar-refractivity contribution in [3.63, 3.8) is 0 Å². The Labute approximate surface area is 84.5 Å². The fourth-order valence-electron chi connectivity index (χ4n) is 1.19. The fraction of sp³-hybridized carbons (Fsp3) is 0.625. The van der Waals surface area contributed by atoms with E-state index < -0.39 is 0 Å². The lowest BCUT2D eigenvalue weighted by Gasteiger charge is -1.90. The van der Waals surface area contributed by atoms with Crippen LogP contribution in [-0.2, 0) is 6.54 Å². The summed E-state index contributed by atoms with van der Waals surface area (Å²) in [5, 5.41) is 4.30. The van der Waals surface area contributed by atoms with Crippen molar-refractivity contribution in [1.29, 1.82) is 0 Å². The molecule has 1 fully saturated rings. The predicted octanol–water partition coefficient (Wildman–Crippen LogP) is 2.50. The third-order valence-electron chi connectivity index (χ3n) is 1.95. The molecule has 1 aromatic heterocycles. The Bertz CT molecular complexity index is 281. The maximum Gasteiger partial charge on any atom is 0.108 e. The van der Waals surface area contributed by atoms with E-state index in [1.54, 1.807) is 11.3 Å². The van der Waals surface area contributed by atoms with Gasteiger partial charge < -0.3 is 5.32 Å². The van der Waals surface area contributed by atoms with E-state index in [1.807, 2.05) is 7.05 Å². The van der Waals surface area contributed by atoms with E-state index in [1.165, 1.54) is 27.3 Å². The van der Waals surface area contributed by atoms with Crippen LogP contribution in [0, 0.1) is 0 Å². The Morgan fingerprint density at radius 3 is 3.00 bits per heavy atom. The second-order valence-corrected chi connectivity index (χ2v) is 5.47. The maximum absolute atomic E-state index is 4.57. The van der Waals surface area contributed by atoms with Crippen LogP contribution in [-0.4, -0.2) is 12.0 Å². The molecule has 1 N–H and O–H groups in total. The lowest BCUT2D eigenvalue weighted by atomic mass is 10.3. The predicted molar refractivity (Wildman–Crippen MR) is 54.6 cm³/mol. The average Bonchev–Trinajstić information content (AvgIpc) is 2.79. The van der Waals surface area contributed by atoms with Crippen molar-refractivity contribution in [2.75, 3.05) is 7.05 Å². The molecule has 0 unspecified atom stereocenters. The second kappa shape index (κ2) is 3.44. The van der Waals surface area contributed by atoms with Crippen molar-refractivity contribution in [3.8, 4) is 0 Å². The van der Waals surface area contributed by atoms with Gasteiger partial charge in [-0.1, -0.05) is 0 Å². The Morgan fingerprint density at radius 2 is 2.42 bits per heavy atom. The zero-order chi connectivity index (χ0) is 8.55. The highest BCUT2D eigenvalue weighted by molar-refractivity contribution is 9.11. The summed E-state index contributed by atoms with van der Waals surface area (Å²) in [5.41, 5.74) is 1.28. The molecule has 1 aliphatic rings. The lowest BCUT2D eigenvalue weighted by molar-refractivity contribution is 0.802. The molecule has 1 heterocycles. The average molecular weight is 247 g/mol. The molecule has 4 heteroatoms. The van der Waals surface area contributed by atoms with E-state index in [0.29, 0.717) is 0 Å². The molecule has 2 rings (SSSR count). The van der Waals surface area contributed by atoms with Crippen molar-refractivity contribution in [1.82, 2.24) is 10.3 Å². The molecular weight excluding hydrogens is 236 g/mol. The molecule has 0 aromatic carbocycles. The lowest BCUT2D eigenvalue weighted by Crippen LogP contribution is -2.04. The van der Waals surface area contributed by atoms with Gasteiger partial charge >= 0.3 is 0 Å². The van der Waals surface area contributed by atoms with Crippen molar-refractivity contribution in [2.24, 2.45) is 0 Å². The molecule has 2 nitrogen and oxygen atoms in total. The smallest absolute Gasteiger partial charge is 0.108 e. The van der Waals surface area contributed by atoms with E-state index in [2.05, 4.69) is 26.2 Å². The molecule has 0 aliphatic heterocycles. The molecule has 66 valence electrons. The van der Waals surface area contributed by atoms with Crippen LogP contribution in [0.5, 0.6) is 0 Å². The van der Waals surface area contributed by atoms with E-state index >= 15 is 0 Å². The fourth-order valence-corrected chi connectivity index (χ4v) is 3.05. The largest absolute Gasteiger partial charge is 0.314 e. The van der Waals surface area contributed by atoms with Crippen LogP contribution in [0.15, 0.2) is 3.79 Å². The van der Waals surface area contributed by atoms with Crippen LogP contribution >= 0.6 is 27.3 Å². The molecular formula is C8H11BrN2S. The highest BCUT2D eigenvalue weighted by Gasteiger charge is 2.28. The highest BCUT2D eigenvalue weighted by Crippen LogP contribution is 2.44. The first kappa shape index (κ1) is 8.66. The van der Waals surface area contributed by atoms with Crippen LogP contribution in [0.3, 0.4) is 0 Å². The summed E-state index contributed by atoms with van der Waals surface area (Å²) in [7, 11) is 1.95. The first-order valence-corrected chi connectivity index (χ1v) is 5.72. The number of aromatic nitrogens is 1. The Hall–Kier alpha value is 0.0700. The van der Waals surface area contributed by atoms with Gasteiger partial charge in [-0.15, -0.1) is 11.3 Å². The Kier molecular flexibility index (Phi) is 2.48. The number of halogens is 1. The van der Waals surface area contributed by atoms with Gasteiger partial charge in [0.25, 0.3) is 0 Å². The number of thiazole rings is 1. The monoisotopic (exact) mass is 246 g/mol. The molecule has 0 amide bonds. The van der Waals surface area contributed by atoms with Gasteiger partial charge in [0.1, 0.15) is 5.01 Å². The van der Waals surface area contributed by atoms with Gasteiger partial charge in [0.15, 0.2) is 0 Å². The van der Waals surface area contributed by atoms with Crippen molar-refractivity contribution < 1.29 is 0 Å². The van der Waals surface area contributed by atoms with Gasteiger partial charge in [0.2, 0.25) is 0 Å². The summed E-state index contributed by atoms with van der Waals surface area (Å²) in [4.78, 5) is 4.57. The summed E-state index contributed by atoms with van der Waals surface area (Å²) in [6.45, 7) is 0.885. The van der Waals surface area contributed by atoms with Gasteiger partial charge in [-0.3, -0.25) is 0 Å². The van der Waals surface area contributed by atoms with Gasteiger partial charge in [-0.05, 0) is 35.8 Å². The van der Waals surface area contributed by atoms with Gasteiger partial charge in [0, 0.05) is 12.5 Å². The van der Waals surface area contributed by atoms with Crippen LogP contribution in [0.1, 0.15) is 29.5 Å². The van der Waals surface area contributed by atoms with E-state index in [9.17, 15) is 0 Å². The van der Waals surface area contributed by atoms with Crippen LogP contribution in [0.2, 0.25) is 0 Å². The third-order valence-corrected chi connectivity index (χ3v) is 3.70. The molecule has 1 aromatic rings. The van der Waals surface area contributed by atoms with Crippen LogP contribution in [0.4, 0.5) is 0 Å². The quantitative estimate of drug-likeness (QED) is 0.887. The highest BCUT2D eigenvalue weighted by atomic mass is 79.9. The molecule has 1 aliphatic carbocycles. The minimum absolute atomic E-state index is 0.751. The van der Waals surface area contributed by atoms with Gasteiger partial charge in [-0.2, -0.15) is 0 Å². The van der Waals surface area contributed by atoms with E-state index in [4.69, 9.17) is 0 Å². The standard InChI is InChI=1S/C8H11BrN2S/c1-10-4-6-11-7(5-2-3-5)8(9)12-6/h5,10H,2-4H2,1H3. The van der Waals surface area contributed by atoms with Gasteiger partial charge in [0.05, 0.1) is 9.48 Å². The molecule has 0 atom stereocenters. The second-order valence-electron chi connectivity index (χ2n) is 3.07. The molecule has 0 spiro atoms. The number of nitrogens with zero attached hydrogens (tertiary/aromatic N) is 1. The van der Waals surface area contributed by atoms with E-state index in [-0.39, 0.29) is 0 Å². The maximum atomic E-state index is 4.57. The molecule has 0 bridgehead atoms. The summed E-state index contributed by atoms with van der Waals surface area (Å²) >= 11 is 5.31. The molecule has 0 radical (unpaired) electrons. The van der Waals surface area contributed by atoms with Crippen LogP contribution < -0.4 is 5.32 Å². The Morgan fingerprint density at radius 1 is 1.67 bits per heavy atom. The van der Waals surface area contributed by atoms with Crippen molar-refractivity contribution in [3.05, 3.63) is 14.5 Å². The zero-order valence-electron chi connectivity index (χ0n) is 6.93. The summed E-state index contributed by atoms with van der Waals surface area (Å²) < 4.78 is 1.23. The third kappa shape index (κ3) is 1.70. The SMILES string of the molecule is CNCc1nc(C2CC2)c(Br)s1. The Balaban J connectivity index is 2.18. The van der Waals surface area contributed by atoms with Gasteiger partial charge in [-0.25, -0.2) is 4.98 Å². The first-order valence-electron chi connectivity index (χ1n) is 4.11. The summed E-state index contributed by atoms with van der Waals surface area (Å²) in [6, 6.07) is 0. The number of hydrogen-bond donors (Lipinski definition) is 1. The van der Waals surface area contributed by atoms with Crippen LogP contribution in [0.25, 0.3) is 0 Å². The molecule has 0 saturated heterocycles. The van der Waals surface area contributed by atoms with E-state index in [0.717, 1.165) is 12.5 Å². The number of nitrogens with one attached hydrogen (secondary N) is 1. The molecule has 1 saturated carbocycles. The summed E-state index contributed by atoms with van der Waals surface area (Å²) in [6.07, 6.45) is 2.64. The van der Waals surface area contributed by atoms with Crippen molar-refractivity contribution >= 4 is 27.3 Å². The first-order chi connectivity index (χ1) is 5.81. The normalized spacial score (nSPS) is 16.8. The number of rotatable bonds is 3. The molecule has 12 heavy (non-hydrogen) atoms. The van der Waals surface area contributed by atoms with Crippen molar-refractivity contribution in [2.45, 2.75) is 25.3 Å². The minimum atomic E-state index is 0.751. The number of hydrogen-bond acceptors (Lipinski definition) is 3.